The molecule has 24 heavy (non-hydrogen) atoms. The van der Waals surface area contributed by atoms with Gasteiger partial charge in [0, 0.05) is 18.2 Å². The Morgan fingerprint density at radius 3 is 2.29 bits per heavy atom. The number of amides is 2. The lowest BCUT2D eigenvalue weighted by molar-refractivity contribution is -0.124. The Morgan fingerprint density at radius 2 is 1.79 bits per heavy atom. The van der Waals surface area contributed by atoms with E-state index in [1.807, 2.05) is 32.9 Å². The minimum absolute atomic E-state index is 0. The van der Waals surface area contributed by atoms with Gasteiger partial charge < -0.3 is 16.4 Å². The highest BCUT2D eigenvalue weighted by atomic mass is 35.5. The van der Waals surface area contributed by atoms with E-state index < -0.39 is 6.04 Å². The first-order valence-electron chi connectivity index (χ1n) is 8.29. The van der Waals surface area contributed by atoms with Gasteiger partial charge in [0.1, 0.15) is 6.04 Å². The van der Waals surface area contributed by atoms with Crippen molar-refractivity contribution in [2.24, 2.45) is 17.6 Å². The maximum absolute atomic E-state index is 12.4. The van der Waals surface area contributed by atoms with E-state index in [0.29, 0.717) is 18.0 Å². The maximum Gasteiger partial charge on any atom is 0.251 e. The highest BCUT2D eigenvalue weighted by Gasteiger charge is 2.30. The zero-order chi connectivity index (χ0) is 17.0. The summed E-state index contributed by atoms with van der Waals surface area (Å²) in [5, 5.41) is 5.70. The maximum atomic E-state index is 12.4. The molecule has 1 aliphatic rings. The molecule has 1 aliphatic carbocycles. The molecule has 6 heteroatoms. The van der Waals surface area contributed by atoms with Gasteiger partial charge in [0.25, 0.3) is 5.91 Å². The molecule has 1 aromatic rings. The van der Waals surface area contributed by atoms with Gasteiger partial charge >= 0.3 is 0 Å². The van der Waals surface area contributed by atoms with Crippen LogP contribution in [0.25, 0.3) is 0 Å². The van der Waals surface area contributed by atoms with Crippen molar-refractivity contribution in [1.82, 2.24) is 10.6 Å². The van der Waals surface area contributed by atoms with E-state index in [-0.39, 0.29) is 36.2 Å². The Hall–Kier alpha value is -1.59. The first-order chi connectivity index (χ1) is 10.9. The molecule has 1 fully saturated rings. The van der Waals surface area contributed by atoms with E-state index in [1.54, 1.807) is 12.1 Å². The van der Waals surface area contributed by atoms with Crippen LogP contribution in [0.5, 0.6) is 0 Å². The van der Waals surface area contributed by atoms with Gasteiger partial charge in [-0.05, 0) is 43.7 Å². The topological polar surface area (TPSA) is 84.2 Å². The molecule has 0 aromatic heterocycles. The predicted octanol–water partition coefficient (Wildman–Crippen LogP) is 2.02. The second-order valence-electron chi connectivity index (χ2n) is 6.81. The smallest absolute Gasteiger partial charge is 0.251 e. The Labute approximate surface area is 150 Å². The van der Waals surface area contributed by atoms with Crippen molar-refractivity contribution >= 4 is 24.2 Å². The van der Waals surface area contributed by atoms with E-state index in [2.05, 4.69) is 10.6 Å². The third kappa shape index (κ3) is 5.80. The van der Waals surface area contributed by atoms with Crippen LogP contribution in [0.15, 0.2) is 24.3 Å². The lowest BCUT2D eigenvalue weighted by Crippen LogP contribution is -2.52. The summed E-state index contributed by atoms with van der Waals surface area (Å²) in [6, 6.07) is 6.75. The summed E-state index contributed by atoms with van der Waals surface area (Å²) in [6.07, 6.45) is 2.30. The van der Waals surface area contributed by atoms with Gasteiger partial charge in [-0.25, -0.2) is 0 Å². The first kappa shape index (κ1) is 20.5. The van der Waals surface area contributed by atoms with Gasteiger partial charge in [0.15, 0.2) is 0 Å². The number of rotatable bonds is 7. The van der Waals surface area contributed by atoms with Crippen LogP contribution in [0.1, 0.15) is 42.6 Å². The van der Waals surface area contributed by atoms with E-state index in [4.69, 9.17) is 5.73 Å². The van der Waals surface area contributed by atoms with Crippen molar-refractivity contribution < 1.29 is 9.59 Å². The molecule has 2 rings (SSSR count). The zero-order valence-electron chi connectivity index (χ0n) is 14.5. The highest BCUT2D eigenvalue weighted by Crippen LogP contribution is 2.31. The second kappa shape index (κ2) is 9.04. The van der Waals surface area contributed by atoms with Gasteiger partial charge in [-0.2, -0.15) is 0 Å². The lowest BCUT2D eigenvalue weighted by atomic mass is 10.0. The minimum atomic E-state index is -0.560. The number of aryl methyl sites for hydroxylation is 1. The van der Waals surface area contributed by atoms with E-state index in [9.17, 15) is 9.59 Å². The summed E-state index contributed by atoms with van der Waals surface area (Å²) in [7, 11) is 0. The van der Waals surface area contributed by atoms with E-state index in [1.165, 1.54) is 0 Å². The molecular formula is C18H28ClN3O2. The normalized spacial score (nSPS) is 16.0. The fraction of sp³-hybridized carbons (Fsp3) is 0.556. The van der Waals surface area contributed by atoms with E-state index in [0.717, 1.165) is 18.4 Å². The fourth-order valence-corrected chi connectivity index (χ4v) is 2.48. The second-order valence-corrected chi connectivity index (χ2v) is 6.81. The standard InChI is InChI=1S/C18H27N3O2.ClH/c1-11(2)16(18(23)20-10-15(19)13-8-9-13)21-17(22)14-6-4-12(3)5-7-14;/h4-7,11,13,15-16H,8-10,19H2,1-3H3,(H,20,23)(H,21,22);1H. The van der Waals surface area contributed by atoms with Gasteiger partial charge in [-0.1, -0.05) is 31.5 Å². The monoisotopic (exact) mass is 353 g/mol. The Kier molecular flexibility index (Phi) is 7.70. The Morgan fingerprint density at radius 1 is 1.21 bits per heavy atom. The van der Waals surface area contributed by atoms with Crippen LogP contribution >= 0.6 is 12.4 Å². The number of halogens is 1. The summed E-state index contributed by atoms with van der Waals surface area (Å²) in [6.45, 7) is 6.27. The van der Waals surface area contributed by atoms with Gasteiger partial charge in [0.2, 0.25) is 5.91 Å². The molecule has 0 bridgehead atoms. The summed E-state index contributed by atoms with van der Waals surface area (Å²) >= 11 is 0. The molecule has 1 aromatic carbocycles. The molecule has 2 unspecified atom stereocenters. The number of carbonyl (C=O) groups is 2. The third-order valence-electron chi connectivity index (χ3n) is 4.29. The van der Waals surface area contributed by atoms with Gasteiger partial charge in [-0.15, -0.1) is 12.4 Å². The summed E-state index contributed by atoms with van der Waals surface area (Å²) in [5.74, 6) is 0.137. The van der Waals surface area contributed by atoms with Crippen molar-refractivity contribution in [3.63, 3.8) is 0 Å². The molecular weight excluding hydrogens is 326 g/mol. The number of hydrogen-bond donors (Lipinski definition) is 3. The minimum Gasteiger partial charge on any atom is -0.353 e. The van der Waals surface area contributed by atoms with Crippen LogP contribution in [-0.4, -0.2) is 30.4 Å². The number of nitrogens with one attached hydrogen (secondary N) is 2. The van der Waals surface area contributed by atoms with Gasteiger partial charge in [0.05, 0.1) is 0 Å². The molecule has 0 radical (unpaired) electrons. The quantitative estimate of drug-likeness (QED) is 0.701. The molecule has 0 aliphatic heterocycles. The molecule has 0 saturated heterocycles. The summed E-state index contributed by atoms with van der Waals surface area (Å²) < 4.78 is 0. The number of nitrogens with two attached hydrogens (primary N) is 1. The molecule has 1 saturated carbocycles. The van der Waals surface area contributed by atoms with E-state index >= 15 is 0 Å². The van der Waals surface area contributed by atoms with Crippen LogP contribution in [0.2, 0.25) is 0 Å². The molecule has 0 heterocycles. The summed E-state index contributed by atoms with van der Waals surface area (Å²) in [5.41, 5.74) is 7.66. The van der Waals surface area contributed by atoms with Crippen LogP contribution in [-0.2, 0) is 4.79 Å². The molecule has 2 atom stereocenters. The predicted molar refractivity (Wildman–Crippen MR) is 98.2 cm³/mol. The third-order valence-corrected chi connectivity index (χ3v) is 4.29. The molecule has 5 nitrogen and oxygen atoms in total. The van der Waals surface area contributed by atoms with Crippen LogP contribution in [0.4, 0.5) is 0 Å². The molecule has 134 valence electrons. The average molecular weight is 354 g/mol. The Balaban J connectivity index is 0.00000288. The molecule has 0 spiro atoms. The molecule has 2 amide bonds. The Bertz CT molecular complexity index is 556. The van der Waals surface area contributed by atoms with Crippen molar-refractivity contribution in [3.8, 4) is 0 Å². The first-order valence-corrected chi connectivity index (χ1v) is 8.29. The van der Waals surface area contributed by atoms with Crippen LogP contribution in [0.3, 0.4) is 0 Å². The van der Waals surface area contributed by atoms with Crippen molar-refractivity contribution in [2.75, 3.05) is 6.54 Å². The summed E-state index contributed by atoms with van der Waals surface area (Å²) in [4.78, 5) is 24.7. The molecule has 4 N–H and O–H groups in total. The van der Waals surface area contributed by atoms with Crippen LogP contribution < -0.4 is 16.4 Å². The van der Waals surface area contributed by atoms with Crippen molar-refractivity contribution in [3.05, 3.63) is 35.4 Å². The SMILES string of the molecule is Cc1ccc(C(=O)NC(C(=O)NCC(N)C2CC2)C(C)C)cc1.Cl. The number of carbonyl (C=O) groups excluding carboxylic acids is 2. The van der Waals surface area contributed by atoms with Crippen molar-refractivity contribution in [2.45, 2.75) is 45.7 Å². The zero-order valence-corrected chi connectivity index (χ0v) is 15.4. The number of hydrogen-bond acceptors (Lipinski definition) is 3. The lowest BCUT2D eigenvalue weighted by Gasteiger charge is -2.23. The van der Waals surface area contributed by atoms with Crippen molar-refractivity contribution in [1.29, 1.82) is 0 Å². The largest absolute Gasteiger partial charge is 0.353 e. The fourth-order valence-electron chi connectivity index (χ4n) is 2.48. The van der Waals surface area contributed by atoms with Crippen LogP contribution in [0, 0.1) is 18.8 Å². The number of benzene rings is 1. The average Bonchev–Trinajstić information content (AvgIpc) is 3.34. The van der Waals surface area contributed by atoms with Gasteiger partial charge in [-0.3, -0.25) is 9.59 Å². The highest BCUT2D eigenvalue weighted by molar-refractivity contribution is 5.97.